The maximum Gasteiger partial charge on any atom is 0.235 e. The molecule has 1 unspecified atom stereocenters. The first-order valence-corrected chi connectivity index (χ1v) is 8.03. The lowest BCUT2D eigenvalue weighted by molar-refractivity contribution is -0.137. The summed E-state index contributed by atoms with van der Waals surface area (Å²) in [4.78, 5) is 15.0. The average molecular weight is 300 g/mol. The van der Waals surface area contributed by atoms with Crippen molar-refractivity contribution in [1.82, 2.24) is 10.1 Å². The van der Waals surface area contributed by atoms with E-state index in [-0.39, 0.29) is 5.91 Å². The van der Waals surface area contributed by atoms with Gasteiger partial charge in [-0.2, -0.15) is 0 Å². The van der Waals surface area contributed by atoms with Gasteiger partial charge in [0.25, 0.3) is 0 Å². The van der Waals surface area contributed by atoms with Crippen LogP contribution < -0.4 is 0 Å². The summed E-state index contributed by atoms with van der Waals surface area (Å²) in [6.45, 7) is 3.01. The Morgan fingerprint density at radius 1 is 1.36 bits per heavy atom. The number of amides is 1. The van der Waals surface area contributed by atoms with Crippen molar-refractivity contribution in [2.24, 2.45) is 0 Å². The maximum atomic E-state index is 13.0. The van der Waals surface area contributed by atoms with Crippen LogP contribution in [0.15, 0.2) is 33.4 Å². The van der Waals surface area contributed by atoms with Crippen LogP contribution in [-0.2, 0) is 10.2 Å². The quantitative estimate of drug-likeness (QED) is 0.872. The number of piperidine rings is 1. The molecule has 1 amide bonds. The summed E-state index contributed by atoms with van der Waals surface area (Å²) in [5, 5.41) is 4.16. The third kappa shape index (κ3) is 2.07. The zero-order chi connectivity index (χ0) is 15.2. The number of furan rings is 1. The maximum absolute atomic E-state index is 13.0. The molecule has 116 valence electrons. The minimum Gasteiger partial charge on any atom is -0.461 e. The lowest BCUT2D eigenvalue weighted by Crippen LogP contribution is -2.47. The van der Waals surface area contributed by atoms with Crippen molar-refractivity contribution in [1.29, 1.82) is 0 Å². The van der Waals surface area contributed by atoms with E-state index in [9.17, 15) is 4.79 Å². The molecule has 1 atom stereocenters. The van der Waals surface area contributed by atoms with E-state index in [0.717, 1.165) is 37.9 Å². The van der Waals surface area contributed by atoms with Crippen LogP contribution in [0.1, 0.15) is 44.7 Å². The van der Waals surface area contributed by atoms with Gasteiger partial charge in [0.1, 0.15) is 0 Å². The molecule has 1 saturated carbocycles. The van der Waals surface area contributed by atoms with E-state index in [2.05, 4.69) is 12.1 Å². The second-order valence-corrected chi connectivity index (χ2v) is 6.48. The Balaban J connectivity index is 1.60. The van der Waals surface area contributed by atoms with Crippen LogP contribution in [0.2, 0.25) is 0 Å². The molecule has 22 heavy (non-hydrogen) atoms. The Kier molecular flexibility index (Phi) is 3.10. The van der Waals surface area contributed by atoms with Crippen LogP contribution in [0.4, 0.5) is 0 Å². The van der Waals surface area contributed by atoms with Gasteiger partial charge < -0.3 is 13.8 Å². The molecule has 5 heteroatoms. The molecule has 0 bridgehead atoms. The van der Waals surface area contributed by atoms with E-state index in [0.29, 0.717) is 17.6 Å². The number of rotatable bonds is 3. The Morgan fingerprint density at radius 2 is 2.23 bits per heavy atom. The molecule has 0 N–H and O–H groups in total. The van der Waals surface area contributed by atoms with Gasteiger partial charge in [-0.15, -0.1) is 0 Å². The van der Waals surface area contributed by atoms with Gasteiger partial charge in [0.15, 0.2) is 5.76 Å². The van der Waals surface area contributed by atoms with Crippen molar-refractivity contribution >= 4 is 5.91 Å². The fraction of sp³-hybridized carbons (Fsp3) is 0.529. The zero-order valence-electron chi connectivity index (χ0n) is 12.7. The number of hydrogen-bond acceptors (Lipinski definition) is 4. The highest BCUT2D eigenvalue weighted by Gasteiger charge is 2.56. The summed E-state index contributed by atoms with van der Waals surface area (Å²) in [5.41, 5.74) is 0.293. The van der Waals surface area contributed by atoms with E-state index in [4.69, 9.17) is 8.94 Å². The van der Waals surface area contributed by atoms with E-state index in [1.54, 1.807) is 6.26 Å². The van der Waals surface area contributed by atoms with Gasteiger partial charge in [0.05, 0.1) is 17.4 Å². The molecule has 2 aliphatic rings. The molecule has 1 aliphatic carbocycles. The SMILES string of the molecule is CC1CCCCN1C(=O)C1(c2cc(-c3ccco3)on2)CC1. The summed E-state index contributed by atoms with van der Waals surface area (Å²) >= 11 is 0. The minimum atomic E-state index is -0.458. The van der Waals surface area contributed by atoms with Gasteiger partial charge in [0.2, 0.25) is 11.7 Å². The van der Waals surface area contributed by atoms with Gasteiger partial charge in [0, 0.05) is 18.7 Å². The molecule has 2 aromatic heterocycles. The summed E-state index contributed by atoms with van der Waals surface area (Å²) in [6.07, 6.45) is 6.73. The molecular weight excluding hydrogens is 280 g/mol. The normalized spacial score (nSPS) is 23.5. The third-order valence-electron chi connectivity index (χ3n) is 4.99. The highest BCUT2D eigenvalue weighted by molar-refractivity contribution is 5.91. The third-order valence-corrected chi connectivity index (χ3v) is 4.99. The largest absolute Gasteiger partial charge is 0.461 e. The van der Waals surface area contributed by atoms with Crippen molar-refractivity contribution in [3.63, 3.8) is 0 Å². The van der Waals surface area contributed by atoms with Crippen molar-refractivity contribution in [3.05, 3.63) is 30.2 Å². The van der Waals surface area contributed by atoms with Crippen LogP contribution in [0, 0.1) is 0 Å². The Hall–Kier alpha value is -2.04. The Morgan fingerprint density at radius 3 is 2.91 bits per heavy atom. The molecule has 0 radical (unpaired) electrons. The summed E-state index contributed by atoms with van der Waals surface area (Å²) in [7, 11) is 0. The van der Waals surface area contributed by atoms with E-state index < -0.39 is 5.41 Å². The fourth-order valence-electron chi connectivity index (χ4n) is 3.41. The smallest absolute Gasteiger partial charge is 0.235 e. The number of nitrogens with zero attached hydrogens (tertiary/aromatic N) is 2. The summed E-state index contributed by atoms with van der Waals surface area (Å²) in [5.74, 6) is 1.46. The fourth-order valence-corrected chi connectivity index (χ4v) is 3.41. The molecule has 0 spiro atoms. The number of aromatic nitrogens is 1. The first kappa shape index (κ1) is 13.6. The second kappa shape index (κ2) is 5.00. The molecular formula is C17H20N2O3. The van der Waals surface area contributed by atoms with Crippen LogP contribution in [-0.4, -0.2) is 28.6 Å². The van der Waals surface area contributed by atoms with E-state index >= 15 is 0 Å². The molecule has 4 rings (SSSR count). The van der Waals surface area contributed by atoms with Gasteiger partial charge in [-0.25, -0.2) is 0 Å². The highest BCUT2D eigenvalue weighted by atomic mass is 16.5. The first-order valence-electron chi connectivity index (χ1n) is 8.03. The second-order valence-electron chi connectivity index (χ2n) is 6.48. The molecule has 5 nitrogen and oxygen atoms in total. The van der Waals surface area contributed by atoms with Crippen molar-refractivity contribution in [2.45, 2.75) is 50.5 Å². The van der Waals surface area contributed by atoms with Crippen LogP contribution in [0.5, 0.6) is 0 Å². The van der Waals surface area contributed by atoms with E-state index in [1.807, 2.05) is 23.1 Å². The predicted octanol–water partition coefficient (Wildman–Crippen LogP) is 3.37. The van der Waals surface area contributed by atoms with E-state index in [1.165, 1.54) is 6.42 Å². The molecule has 2 aromatic rings. The molecule has 1 saturated heterocycles. The lowest BCUT2D eigenvalue weighted by atomic mass is 9.96. The average Bonchev–Trinajstić information content (AvgIpc) is 2.96. The molecule has 2 fully saturated rings. The topological polar surface area (TPSA) is 59.5 Å². The van der Waals surface area contributed by atoms with Gasteiger partial charge >= 0.3 is 0 Å². The zero-order valence-corrected chi connectivity index (χ0v) is 12.7. The monoisotopic (exact) mass is 300 g/mol. The van der Waals surface area contributed by atoms with Crippen LogP contribution in [0.3, 0.4) is 0 Å². The molecule has 0 aromatic carbocycles. The van der Waals surface area contributed by atoms with Crippen LogP contribution >= 0.6 is 0 Å². The van der Waals surface area contributed by atoms with Gasteiger partial charge in [-0.1, -0.05) is 5.16 Å². The highest BCUT2D eigenvalue weighted by Crippen LogP contribution is 2.50. The van der Waals surface area contributed by atoms with Crippen molar-refractivity contribution < 1.29 is 13.7 Å². The van der Waals surface area contributed by atoms with Crippen molar-refractivity contribution in [3.8, 4) is 11.5 Å². The first-order chi connectivity index (χ1) is 10.7. The van der Waals surface area contributed by atoms with Crippen molar-refractivity contribution in [2.75, 3.05) is 6.54 Å². The number of carbonyl (C=O) groups is 1. The minimum absolute atomic E-state index is 0.221. The standard InChI is InChI=1S/C17H20N2O3/c1-12-5-2-3-9-19(12)16(20)17(7-8-17)15-11-14(22-18-15)13-6-4-10-21-13/h4,6,10-12H,2-3,5,7-9H2,1H3. The Labute approximate surface area is 129 Å². The number of carbonyl (C=O) groups excluding carboxylic acids is 1. The molecule has 3 heterocycles. The Bertz CT molecular complexity index is 670. The molecule has 1 aliphatic heterocycles. The summed E-state index contributed by atoms with van der Waals surface area (Å²) < 4.78 is 10.7. The lowest BCUT2D eigenvalue weighted by Gasteiger charge is -2.35. The number of hydrogen-bond donors (Lipinski definition) is 0. The van der Waals surface area contributed by atoms with Gasteiger partial charge in [-0.05, 0) is 51.2 Å². The van der Waals surface area contributed by atoms with Gasteiger partial charge in [-0.3, -0.25) is 4.79 Å². The van der Waals surface area contributed by atoms with Crippen LogP contribution in [0.25, 0.3) is 11.5 Å². The number of likely N-dealkylation sites (tertiary alicyclic amines) is 1. The predicted molar refractivity (Wildman–Crippen MR) is 80.1 cm³/mol. The summed E-state index contributed by atoms with van der Waals surface area (Å²) in [6, 6.07) is 5.83.